The van der Waals surface area contributed by atoms with Gasteiger partial charge in [-0.15, -0.1) is 0 Å². The van der Waals surface area contributed by atoms with Crippen molar-refractivity contribution in [1.29, 1.82) is 0 Å². The van der Waals surface area contributed by atoms with Crippen molar-refractivity contribution in [3.63, 3.8) is 0 Å². The van der Waals surface area contributed by atoms with Crippen molar-refractivity contribution in [1.82, 2.24) is 0 Å². The van der Waals surface area contributed by atoms with Crippen LogP contribution in [-0.4, -0.2) is 19.3 Å². The van der Waals surface area contributed by atoms with Crippen molar-refractivity contribution >= 4 is 0 Å². The molecule has 0 aliphatic heterocycles. The van der Waals surface area contributed by atoms with E-state index in [2.05, 4.69) is 13.8 Å². The summed E-state index contributed by atoms with van der Waals surface area (Å²) >= 11 is 0. The molecule has 3 heteroatoms. The van der Waals surface area contributed by atoms with Gasteiger partial charge >= 0.3 is 0 Å². The molecule has 18 heavy (non-hydrogen) atoms. The Kier molecular flexibility index (Phi) is 3.93. The quantitative estimate of drug-likeness (QED) is 0.872. The van der Waals surface area contributed by atoms with Crippen molar-refractivity contribution in [3.05, 3.63) is 29.8 Å². The lowest BCUT2D eigenvalue weighted by Gasteiger charge is -2.51. The molecule has 0 saturated heterocycles. The Hall–Kier alpha value is -1.06. The smallest absolute Gasteiger partial charge is 0.118 e. The molecule has 100 valence electrons. The molecule has 0 radical (unpaired) electrons. The Balaban J connectivity index is 1.88. The zero-order chi connectivity index (χ0) is 13.2. The number of nitrogens with two attached hydrogens (primary N) is 1. The number of benzene rings is 1. The van der Waals surface area contributed by atoms with Crippen molar-refractivity contribution in [3.8, 4) is 5.75 Å². The van der Waals surface area contributed by atoms with Crippen LogP contribution >= 0.6 is 0 Å². The van der Waals surface area contributed by atoms with Gasteiger partial charge in [0.1, 0.15) is 5.75 Å². The van der Waals surface area contributed by atoms with E-state index < -0.39 is 0 Å². The van der Waals surface area contributed by atoms with Crippen LogP contribution in [0.4, 0.5) is 0 Å². The summed E-state index contributed by atoms with van der Waals surface area (Å²) < 4.78 is 11.1. The van der Waals surface area contributed by atoms with Crippen LogP contribution < -0.4 is 10.5 Å². The van der Waals surface area contributed by atoms with Crippen molar-refractivity contribution in [2.45, 2.75) is 45.4 Å². The van der Waals surface area contributed by atoms with Crippen molar-refractivity contribution < 1.29 is 9.47 Å². The fourth-order valence-corrected chi connectivity index (χ4v) is 2.51. The average molecular weight is 249 g/mol. The third-order valence-corrected chi connectivity index (χ3v) is 4.42. The number of rotatable bonds is 5. The van der Waals surface area contributed by atoms with E-state index in [-0.39, 0.29) is 11.5 Å². The Morgan fingerprint density at radius 3 is 2.50 bits per heavy atom. The molecule has 1 aliphatic rings. The number of methoxy groups -OCH3 is 1. The molecular weight excluding hydrogens is 226 g/mol. The maximum Gasteiger partial charge on any atom is 0.118 e. The summed E-state index contributed by atoms with van der Waals surface area (Å²) in [6, 6.07) is 8.29. The van der Waals surface area contributed by atoms with Crippen LogP contribution in [0.5, 0.6) is 5.75 Å². The van der Waals surface area contributed by atoms with Crippen LogP contribution in [0.2, 0.25) is 0 Å². The highest BCUT2D eigenvalue weighted by atomic mass is 16.5. The first-order valence-electron chi connectivity index (χ1n) is 6.60. The normalized spacial score (nSPS) is 30.9. The summed E-state index contributed by atoms with van der Waals surface area (Å²) in [5.74, 6) is 0.878. The monoisotopic (exact) mass is 249 g/mol. The Labute approximate surface area is 109 Å². The van der Waals surface area contributed by atoms with Gasteiger partial charge < -0.3 is 15.2 Å². The predicted molar refractivity (Wildman–Crippen MR) is 72.6 cm³/mol. The van der Waals surface area contributed by atoms with E-state index >= 15 is 0 Å². The minimum Gasteiger partial charge on any atom is -0.497 e. The Morgan fingerprint density at radius 1 is 1.33 bits per heavy atom. The van der Waals surface area contributed by atoms with Gasteiger partial charge in [0.15, 0.2) is 0 Å². The molecule has 3 atom stereocenters. The predicted octanol–water partition coefficient (Wildman–Crippen LogP) is 2.73. The molecule has 1 aliphatic carbocycles. The van der Waals surface area contributed by atoms with Crippen molar-refractivity contribution in [2.75, 3.05) is 7.11 Å². The van der Waals surface area contributed by atoms with Gasteiger partial charge in [0.05, 0.1) is 19.8 Å². The summed E-state index contributed by atoms with van der Waals surface area (Å²) in [5.41, 5.74) is 7.39. The lowest BCUT2D eigenvalue weighted by atomic mass is 9.62. The SMILES string of the molecule is CCC1(C)C(N)CC1OCc1ccc(OC)cc1. The van der Waals surface area contributed by atoms with Crippen LogP contribution in [0, 0.1) is 5.41 Å². The molecule has 0 heterocycles. The Bertz CT molecular complexity index is 390. The largest absolute Gasteiger partial charge is 0.497 e. The van der Waals surface area contributed by atoms with Crippen molar-refractivity contribution in [2.24, 2.45) is 11.1 Å². The van der Waals surface area contributed by atoms with E-state index in [0.29, 0.717) is 12.7 Å². The van der Waals surface area contributed by atoms with Crippen LogP contribution in [0.15, 0.2) is 24.3 Å². The summed E-state index contributed by atoms with van der Waals surface area (Å²) in [7, 11) is 1.67. The van der Waals surface area contributed by atoms with Gasteiger partial charge in [-0.25, -0.2) is 0 Å². The molecule has 1 saturated carbocycles. The second-order valence-corrected chi connectivity index (χ2v) is 5.35. The van der Waals surface area contributed by atoms with Gasteiger partial charge in [-0.1, -0.05) is 26.0 Å². The molecule has 2 N–H and O–H groups in total. The third-order valence-electron chi connectivity index (χ3n) is 4.42. The Morgan fingerprint density at radius 2 is 2.00 bits per heavy atom. The molecule has 0 spiro atoms. The molecule has 2 rings (SSSR count). The summed E-state index contributed by atoms with van der Waals surface area (Å²) in [5, 5.41) is 0. The summed E-state index contributed by atoms with van der Waals surface area (Å²) in [6.07, 6.45) is 2.33. The lowest BCUT2D eigenvalue weighted by molar-refractivity contribution is -0.126. The second-order valence-electron chi connectivity index (χ2n) is 5.35. The average Bonchev–Trinajstić information content (AvgIpc) is 2.42. The first kappa shape index (κ1) is 13.4. The number of hydrogen-bond donors (Lipinski definition) is 1. The van der Waals surface area contributed by atoms with Crippen LogP contribution in [0.1, 0.15) is 32.3 Å². The van der Waals surface area contributed by atoms with E-state index in [1.54, 1.807) is 7.11 Å². The summed E-state index contributed by atoms with van der Waals surface area (Å²) in [4.78, 5) is 0. The first-order valence-corrected chi connectivity index (χ1v) is 6.60. The molecule has 3 nitrogen and oxygen atoms in total. The van der Waals surface area contributed by atoms with Gasteiger partial charge in [-0.2, -0.15) is 0 Å². The fourth-order valence-electron chi connectivity index (χ4n) is 2.51. The lowest BCUT2D eigenvalue weighted by Crippen LogP contribution is -2.60. The molecule has 0 bridgehead atoms. The van der Waals surface area contributed by atoms with Gasteiger partial charge in [0, 0.05) is 11.5 Å². The van der Waals surface area contributed by atoms with E-state index in [9.17, 15) is 0 Å². The van der Waals surface area contributed by atoms with E-state index in [1.165, 1.54) is 5.56 Å². The summed E-state index contributed by atoms with van der Waals surface area (Å²) in [6.45, 7) is 5.06. The molecule has 1 aromatic rings. The zero-order valence-electron chi connectivity index (χ0n) is 11.5. The maximum absolute atomic E-state index is 6.07. The van der Waals surface area contributed by atoms with Gasteiger partial charge in [0.2, 0.25) is 0 Å². The van der Waals surface area contributed by atoms with Gasteiger partial charge in [-0.3, -0.25) is 0 Å². The van der Waals surface area contributed by atoms with E-state index in [0.717, 1.165) is 18.6 Å². The molecular formula is C15H23NO2. The van der Waals surface area contributed by atoms with E-state index in [4.69, 9.17) is 15.2 Å². The molecule has 3 unspecified atom stereocenters. The highest BCUT2D eigenvalue weighted by molar-refractivity contribution is 5.26. The van der Waals surface area contributed by atoms with Gasteiger partial charge in [-0.05, 0) is 30.5 Å². The minimum absolute atomic E-state index is 0.145. The number of ether oxygens (including phenoxy) is 2. The fraction of sp³-hybridized carbons (Fsp3) is 0.600. The van der Waals surface area contributed by atoms with Crippen LogP contribution in [-0.2, 0) is 11.3 Å². The van der Waals surface area contributed by atoms with E-state index in [1.807, 2.05) is 24.3 Å². The highest BCUT2D eigenvalue weighted by Crippen LogP contribution is 2.44. The second kappa shape index (κ2) is 5.29. The minimum atomic E-state index is 0.145. The number of hydrogen-bond acceptors (Lipinski definition) is 3. The van der Waals surface area contributed by atoms with Crippen LogP contribution in [0.3, 0.4) is 0 Å². The van der Waals surface area contributed by atoms with Gasteiger partial charge in [0.25, 0.3) is 0 Å². The topological polar surface area (TPSA) is 44.5 Å². The molecule has 1 aromatic carbocycles. The molecule has 0 aromatic heterocycles. The maximum atomic E-state index is 6.07. The molecule has 1 fully saturated rings. The first-order chi connectivity index (χ1) is 8.60. The zero-order valence-corrected chi connectivity index (χ0v) is 11.5. The van der Waals surface area contributed by atoms with Crippen LogP contribution in [0.25, 0.3) is 0 Å². The standard InChI is InChI=1S/C15H23NO2/c1-4-15(2)13(16)9-14(15)18-10-11-5-7-12(17-3)8-6-11/h5-8,13-14H,4,9-10,16H2,1-3H3. The highest BCUT2D eigenvalue weighted by Gasteiger charge is 2.49. The third kappa shape index (κ3) is 2.38. The molecule has 0 amide bonds.